The molecule has 1 aromatic heterocycles. The van der Waals surface area contributed by atoms with E-state index in [9.17, 15) is 19.7 Å². The Morgan fingerprint density at radius 1 is 1.12 bits per heavy atom. The molecule has 166 valence electrons. The van der Waals surface area contributed by atoms with Gasteiger partial charge in [-0.05, 0) is 48.9 Å². The zero-order chi connectivity index (χ0) is 23.5. The molecule has 1 heterocycles. The highest BCUT2D eigenvalue weighted by atomic mass is 35.5. The molecule has 0 aliphatic rings. The Labute approximate surface area is 197 Å². The number of amides is 1. The number of nitro benzene ring substituents is 1. The molecule has 0 saturated heterocycles. The van der Waals surface area contributed by atoms with Crippen LogP contribution in [0, 0.1) is 17.0 Å². The van der Waals surface area contributed by atoms with Crippen LogP contribution >= 0.6 is 23.4 Å². The fourth-order valence-electron chi connectivity index (χ4n) is 3.25. The first kappa shape index (κ1) is 22.5. The van der Waals surface area contributed by atoms with Crippen LogP contribution in [0.2, 0.25) is 5.02 Å². The van der Waals surface area contributed by atoms with Crippen LogP contribution in [-0.2, 0) is 4.79 Å². The second-order valence-corrected chi connectivity index (χ2v) is 8.43. The van der Waals surface area contributed by atoms with Gasteiger partial charge in [-0.3, -0.25) is 24.3 Å². The number of para-hydroxylation sites is 1. The highest BCUT2D eigenvalue weighted by Crippen LogP contribution is 2.26. The third-order valence-electron chi connectivity index (χ3n) is 4.92. The summed E-state index contributed by atoms with van der Waals surface area (Å²) >= 11 is 7.40. The number of fused-ring (bicyclic) bond motifs is 1. The number of non-ortho nitro benzene ring substituents is 1. The Hall–Kier alpha value is -3.69. The van der Waals surface area contributed by atoms with Gasteiger partial charge in [0.15, 0.2) is 5.16 Å². The Morgan fingerprint density at radius 3 is 2.58 bits per heavy atom. The van der Waals surface area contributed by atoms with Gasteiger partial charge >= 0.3 is 0 Å². The number of hydrogen-bond donors (Lipinski definition) is 1. The number of rotatable bonds is 6. The number of aromatic nitrogens is 2. The van der Waals surface area contributed by atoms with E-state index in [2.05, 4.69) is 10.3 Å². The lowest BCUT2D eigenvalue weighted by atomic mass is 10.2. The molecule has 4 aromatic rings. The summed E-state index contributed by atoms with van der Waals surface area (Å²) in [6, 6.07) is 17.8. The zero-order valence-electron chi connectivity index (χ0n) is 17.3. The van der Waals surface area contributed by atoms with Crippen LogP contribution in [0.1, 0.15) is 5.56 Å². The molecule has 3 aromatic carbocycles. The summed E-state index contributed by atoms with van der Waals surface area (Å²) in [5, 5.41) is 14.8. The Kier molecular flexibility index (Phi) is 6.43. The monoisotopic (exact) mass is 480 g/mol. The van der Waals surface area contributed by atoms with Crippen molar-refractivity contribution in [2.24, 2.45) is 0 Å². The maximum atomic E-state index is 13.3. The molecule has 10 heteroatoms. The van der Waals surface area contributed by atoms with Crippen molar-refractivity contribution in [3.8, 4) is 5.69 Å². The van der Waals surface area contributed by atoms with Gasteiger partial charge in [0.05, 0.1) is 27.3 Å². The smallest absolute Gasteiger partial charge is 0.269 e. The number of hydrogen-bond acceptors (Lipinski definition) is 6. The van der Waals surface area contributed by atoms with E-state index in [0.717, 1.165) is 17.3 Å². The second kappa shape index (κ2) is 9.43. The zero-order valence-corrected chi connectivity index (χ0v) is 18.9. The van der Waals surface area contributed by atoms with Gasteiger partial charge in [0, 0.05) is 22.8 Å². The fourth-order valence-corrected chi connectivity index (χ4v) is 4.23. The Bertz CT molecular complexity index is 1440. The maximum Gasteiger partial charge on any atom is 0.269 e. The highest BCUT2D eigenvalue weighted by molar-refractivity contribution is 7.99. The molecule has 0 atom stereocenters. The molecular weight excluding hydrogens is 464 g/mol. The summed E-state index contributed by atoms with van der Waals surface area (Å²) in [7, 11) is 0. The van der Waals surface area contributed by atoms with E-state index in [-0.39, 0.29) is 22.9 Å². The van der Waals surface area contributed by atoms with Gasteiger partial charge in [-0.2, -0.15) is 0 Å². The average Bonchev–Trinajstić information content (AvgIpc) is 2.80. The molecule has 0 bridgehead atoms. The van der Waals surface area contributed by atoms with Crippen LogP contribution in [0.3, 0.4) is 0 Å². The average molecular weight is 481 g/mol. The van der Waals surface area contributed by atoms with E-state index < -0.39 is 4.92 Å². The van der Waals surface area contributed by atoms with Crippen molar-refractivity contribution >= 4 is 51.5 Å². The lowest BCUT2D eigenvalue weighted by molar-refractivity contribution is -0.384. The number of thioether (sulfide) groups is 1. The molecular formula is C23H17ClN4O4S. The highest BCUT2D eigenvalue weighted by Gasteiger charge is 2.17. The molecule has 0 radical (unpaired) electrons. The van der Waals surface area contributed by atoms with E-state index in [0.29, 0.717) is 32.5 Å². The number of carbonyl (C=O) groups excluding carboxylic acids is 1. The molecule has 0 saturated carbocycles. The largest absolute Gasteiger partial charge is 0.325 e. The van der Waals surface area contributed by atoms with Crippen molar-refractivity contribution in [2.45, 2.75) is 12.1 Å². The number of nitrogens with one attached hydrogen (secondary N) is 1. The molecule has 8 nitrogen and oxygen atoms in total. The van der Waals surface area contributed by atoms with Crippen LogP contribution < -0.4 is 10.9 Å². The number of carbonyl (C=O) groups is 1. The second-order valence-electron chi connectivity index (χ2n) is 7.08. The minimum atomic E-state index is -0.510. The number of nitrogens with zero attached hydrogens (tertiary/aromatic N) is 3. The van der Waals surface area contributed by atoms with Crippen LogP contribution in [0.25, 0.3) is 16.6 Å². The van der Waals surface area contributed by atoms with Crippen LogP contribution in [0.5, 0.6) is 0 Å². The van der Waals surface area contributed by atoms with Gasteiger partial charge in [-0.25, -0.2) is 4.98 Å². The lowest BCUT2D eigenvalue weighted by Gasteiger charge is -2.15. The first-order chi connectivity index (χ1) is 15.8. The number of nitro groups is 1. The Morgan fingerprint density at radius 2 is 1.85 bits per heavy atom. The molecule has 0 aliphatic heterocycles. The summed E-state index contributed by atoms with van der Waals surface area (Å²) in [5.41, 5.74) is 1.94. The van der Waals surface area contributed by atoms with Gasteiger partial charge in [0.2, 0.25) is 5.91 Å². The van der Waals surface area contributed by atoms with E-state index in [1.807, 2.05) is 6.92 Å². The number of anilines is 1. The molecule has 4 rings (SSSR count). The fraction of sp³-hybridized carbons (Fsp3) is 0.0870. The van der Waals surface area contributed by atoms with E-state index in [4.69, 9.17) is 11.6 Å². The lowest BCUT2D eigenvalue weighted by Crippen LogP contribution is -2.23. The first-order valence-corrected chi connectivity index (χ1v) is 11.2. The Balaban J connectivity index is 1.65. The van der Waals surface area contributed by atoms with E-state index in [1.54, 1.807) is 42.5 Å². The van der Waals surface area contributed by atoms with Gasteiger partial charge in [-0.15, -0.1) is 0 Å². The van der Waals surface area contributed by atoms with Crippen LogP contribution in [-0.4, -0.2) is 26.1 Å². The van der Waals surface area contributed by atoms with Crippen molar-refractivity contribution in [1.82, 2.24) is 9.55 Å². The molecule has 1 N–H and O–H groups in total. The van der Waals surface area contributed by atoms with Crippen molar-refractivity contribution in [1.29, 1.82) is 0 Å². The minimum absolute atomic E-state index is 0.0264. The third kappa shape index (κ3) is 4.74. The molecule has 33 heavy (non-hydrogen) atoms. The van der Waals surface area contributed by atoms with Crippen molar-refractivity contribution in [3.05, 3.63) is 97.8 Å². The van der Waals surface area contributed by atoms with Crippen LogP contribution in [0.15, 0.2) is 76.7 Å². The van der Waals surface area contributed by atoms with Crippen molar-refractivity contribution < 1.29 is 9.72 Å². The first-order valence-electron chi connectivity index (χ1n) is 9.79. The van der Waals surface area contributed by atoms with E-state index >= 15 is 0 Å². The van der Waals surface area contributed by atoms with Gasteiger partial charge in [-0.1, -0.05) is 41.6 Å². The third-order valence-corrected chi connectivity index (χ3v) is 6.27. The van der Waals surface area contributed by atoms with Gasteiger partial charge < -0.3 is 5.32 Å². The molecule has 0 spiro atoms. The normalized spacial score (nSPS) is 10.8. The summed E-state index contributed by atoms with van der Waals surface area (Å²) in [6.07, 6.45) is 0. The standard InChI is InChI=1S/C23H17ClN4O4S/c1-14-18(24)6-4-8-20(14)27-22(30)17-5-2-3-7-19(17)26-23(27)33-13-21(29)25-15-9-11-16(12-10-15)28(31)32/h2-12H,13H2,1H3,(H,25,29). The number of halogens is 1. The van der Waals surface area contributed by atoms with Gasteiger partial charge in [0.1, 0.15) is 0 Å². The predicted molar refractivity (Wildman–Crippen MR) is 130 cm³/mol. The maximum absolute atomic E-state index is 13.3. The van der Waals surface area contributed by atoms with Crippen molar-refractivity contribution in [2.75, 3.05) is 11.1 Å². The topological polar surface area (TPSA) is 107 Å². The molecule has 0 fully saturated rings. The van der Waals surface area contributed by atoms with Crippen molar-refractivity contribution in [3.63, 3.8) is 0 Å². The molecule has 0 unspecified atom stereocenters. The van der Waals surface area contributed by atoms with Crippen LogP contribution in [0.4, 0.5) is 11.4 Å². The SMILES string of the molecule is Cc1c(Cl)cccc1-n1c(SCC(=O)Nc2ccc([N+](=O)[O-])cc2)nc2ccccc2c1=O. The van der Waals surface area contributed by atoms with E-state index in [1.165, 1.54) is 28.8 Å². The quantitative estimate of drug-likeness (QED) is 0.180. The summed E-state index contributed by atoms with van der Waals surface area (Å²) in [6.45, 7) is 1.81. The summed E-state index contributed by atoms with van der Waals surface area (Å²) in [4.78, 5) is 40.8. The van der Waals surface area contributed by atoms with Gasteiger partial charge in [0.25, 0.3) is 11.2 Å². The molecule has 1 amide bonds. The summed E-state index contributed by atoms with van der Waals surface area (Å²) in [5.74, 6) is -0.368. The number of benzene rings is 3. The summed E-state index contributed by atoms with van der Waals surface area (Å²) < 4.78 is 1.47. The predicted octanol–water partition coefficient (Wildman–Crippen LogP) is 4.99. The minimum Gasteiger partial charge on any atom is -0.325 e. The molecule has 0 aliphatic carbocycles.